The number of aromatic hydroxyl groups is 1. The summed E-state index contributed by atoms with van der Waals surface area (Å²) in [6.45, 7) is 6.33. The number of alkyl halides is 3. The number of likely N-dealkylation sites (N-methyl/N-ethyl adjacent to an activating group) is 1. The molecular formula is C29H29ClF3N5O3S. The molecule has 13 heteroatoms. The fourth-order valence-corrected chi connectivity index (χ4v) is 5.98. The number of H-pyrrole nitrogens is 1. The summed E-state index contributed by atoms with van der Waals surface area (Å²) in [5, 5.41) is 19.1. The van der Waals surface area contributed by atoms with Crippen LogP contribution in [0.5, 0.6) is 5.88 Å². The van der Waals surface area contributed by atoms with Gasteiger partial charge >= 0.3 is 12.3 Å². The lowest BCUT2D eigenvalue weighted by molar-refractivity contribution is -0.137. The zero-order valence-electron chi connectivity index (χ0n) is 23.3. The predicted molar refractivity (Wildman–Crippen MR) is 158 cm³/mol. The molecule has 1 fully saturated rings. The second kappa shape index (κ2) is 11.1. The smallest absolute Gasteiger partial charge is 0.417 e. The molecular weight excluding hydrogens is 591 g/mol. The average molecular weight is 620 g/mol. The van der Waals surface area contributed by atoms with E-state index in [-0.39, 0.29) is 22.5 Å². The minimum atomic E-state index is -4.65. The summed E-state index contributed by atoms with van der Waals surface area (Å²) in [6.07, 6.45) is -1.39. The molecule has 1 saturated heterocycles. The minimum Gasteiger partial charge on any atom is -0.492 e. The average Bonchev–Trinajstić information content (AvgIpc) is 3.65. The Bertz CT molecular complexity index is 1660. The van der Waals surface area contributed by atoms with E-state index >= 15 is 0 Å². The standard InChI is InChI=1S/C29H29ClF3N5O3S/c1-28(2,3)41-27(40)38-10-9-20(15-38)37(4)26-35-25(39)24(42-26)21(16-6-8-23-18(11-16)14-34-36-23)12-17-5-7-19(30)13-22(17)29(31,32)33/h5-8,11-14,20,39H,9-10,15H2,1-4H3,(H,34,36). The molecule has 4 aromatic rings. The van der Waals surface area contributed by atoms with Crippen molar-refractivity contribution in [2.24, 2.45) is 0 Å². The second-order valence-corrected chi connectivity index (χ2v) is 12.5. The Morgan fingerprint density at radius 2 is 2.00 bits per heavy atom. The Labute approximate surface area is 249 Å². The van der Waals surface area contributed by atoms with E-state index in [1.807, 2.05) is 32.7 Å². The first-order valence-electron chi connectivity index (χ1n) is 13.1. The van der Waals surface area contributed by atoms with Gasteiger partial charge < -0.3 is 19.6 Å². The molecule has 1 aliphatic rings. The van der Waals surface area contributed by atoms with Crippen molar-refractivity contribution in [3.63, 3.8) is 0 Å². The van der Waals surface area contributed by atoms with Crippen molar-refractivity contribution in [1.29, 1.82) is 0 Å². The van der Waals surface area contributed by atoms with Gasteiger partial charge in [0.05, 0.1) is 23.3 Å². The normalized spacial score (nSPS) is 16.3. The summed E-state index contributed by atoms with van der Waals surface area (Å²) in [7, 11) is 1.81. The highest BCUT2D eigenvalue weighted by atomic mass is 35.5. The molecule has 222 valence electrons. The van der Waals surface area contributed by atoms with Crippen LogP contribution in [0.4, 0.5) is 23.1 Å². The summed E-state index contributed by atoms with van der Waals surface area (Å²) in [5.41, 5.74) is 0.0481. The molecule has 0 spiro atoms. The Balaban J connectivity index is 1.53. The molecule has 2 N–H and O–H groups in total. The number of hydrogen-bond donors (Lipinski definition) is 2. The lowest BCUT2D eigenvalue weighted by Crippen LogP contribution is -2.39. The van der Waals surface area contributed by atoms with Crippen LogP contribution in [-0.2, 0) is 10.9 Å². The van der Waals surface area contributed by atoms with Crippen LogP contribution in [0.25, 0.3) is 22.6 Å². The van der Waals surface area contributed by atoms with E-state index in [0.29, 0.717) is 40.7 Å². The van der Waals surface area contributed by atoms with Crippen molar-refractivity contribution >= 4 is 56.7 Å². The number of nitrogens with one attached hydrogen (secondary N) is 1. The number of carbonyl (C=O) groups excluding carboxylic acids is 1. The third kappa shape index (κ3) is 6.34. The summed E-state index contributed by atoms with van der Waals surface area (Å²) >= 11 is 7.07. The van der Waals surface area contributed by atoms with Crippen molar-refractivity contribution in [2.45, 2.75) is 45.0 Å². The van der Waals surface area contributed by atoms with E-state index in [2.05, 4.69) is 15.2 Å². The van der Waals surface area contributed by atoms with Crippen molar-refractivity contribution in [1.82, 2.24) is 20.1 Å². The van der Waals surface area contributed by atoms with Crippen LogP contribution >= 0.6 is 22.9 Å². The number of ether oxygens (including phenoxy) is 1. The summed E-state index contributed by atoms with van der Waals surface area (Å²) in [5.74, 6) is -0.315. The largest absolute Gasteiger partial charge is 0.492 e. The molecule has 0 bridgehead atoms. The van der Waals surface area contributed by atoms with E-state index in [4.69, 9.17) is 16.3 Å². The van der Waals surface area contributed by atoms with Gasteiger partial charge in [-0.1, -0.05) is 35.1 Å². The van der Waals surface area contributed by atoms with Gasteiger partial charge in [-0.25, -0.2) is 4.79 Å². The SMILES string of the molecule is CN(c1nc(O)c(C(=Cc2ccc(Cl)cc2C(F)(F)F)c2ccc3[nH]ncc3c2)s1)C1CCN(C(=O)OC(C)(C)C)C1. The van der Waals surface area contributed by atoms with E-state index in [0.717, 1.165) is 28.3 Å². The Morgan fingerprint density at radius 1 is 1.24 bits per heavy atom. The van der Waals surface area contributed by atoms with Gasteiger partial charge in [0.25, 0.3) is 0 Å². The molecule has 1 unspecified atom stereocenters. The molecule has 0 aliphatic carbocycles. The highest BCUT2D eigenvalue weighted by Gasteiger charge is 2.35. The number of aromatic nitrogens is 3. The molecule has 0 radical (unpaired) electrons. The quantitative estimate of drug-likeness (QED) is 0.226. The zero-order valence-corrected chi connectivity index (χ0v) is 24.9. The van der Waals surface area contributed by atoms with E-state index in [1.54, 1.807) is 29.3 Å². The highest BCUT2D eigenvalue weighted by Crippen LogP contribution is 2.43. The minimum absolute atomic E-state index is 0.0395. The molecule has 0 saturated carbocycles. The third-order valence-electron chi connectivity index (χ3n) is 6.88. The van der Waals surface area contributed by atoms with Gasteiger partial charge in [-0.2, -0.15) is 23.3 Å². The lowest BCUT2D eigenvalue weighted by atomic mass is 9.98. The first-order chi connectivity index (χ1) is 19.7. The molecule has 5 rings (SSSR count). The van der Waals surface area contributed by atoms with E-state index in [1.165, 1.54) is 18.2 Å². The maximum atomic E-state index is 14.0. The number of anilines is 1. The highest BCUT2D eigenvalue weighted by molar-refractivity contribution is 7.17. The Hall–Kier alpha value is -3.77. The third-order valence-corrected chi connectivity index (χ3v) is 8.28. The predicted octanol–water partition coefficient (Wildman–Crippen LogP) is 7.43. The van der Waals surface area contributed by atoms with Crippen LogP contribution < -0.4 is 4.90 Å². The fourth-order valence-electron chi connectivity index (χ4n) is 4.78. The summed E-state index contributed by atoms with van der Waals surface area (Å²) in [6, 6.07) is 8.77. The molecule has 1 aliphatic heterocycles. The zero-order chi connectivity index (χ0) is 30.4. The maximum absolute atomic E-state index is 14.0. The first kappa shape index (κ1) is 29.7. The Morgan fingerprint density at radius 3 is 2.71 bits per heavy atom. The molecule has 42 heavy (non-hydrogen) atoms. The van der Waals surface area contributed by atoms with Crippen LogP contribution in [0.3, 0.4) is 0 Å². The lowest BCUT2D eigenvalue weighted by Gasteiger charge is -2.26. The van der Waals surface area contributed by atoms with Gasteiger partial charge in [-0.3, -0.25) is 5.10 Å². The van der Waals surface area contributed by atoms with Crippen LogP contribution in [-0.4, -0.2) is 63.1 Å². The van der Waals surface area contributed by atoms with Gasteiger partial charge in [-0.05, 0) is 68.7 Å². The molecule has 1 amide bonds. The Kier molecular flexibility index (Phi) is 7.88. The molecule has 2 aromatic heterocycles. The van der Waals surface area contributed by atoms with Crippen LogP contribution in [0, 0.1) is 0 Å². The van der Waals surface area contributed by atoms with E-state index in [9.17, 15) is 23.1 Å². The van der Waals surface area contributed by atoms with Gasteiger partial charge in [0.15, 0.2) is 5.13 Å². The topological polar surface area (TPSA) is 94.6 Å². The molecule has 3 heterocycles. The number of aromatic amines is 1. The van der Waals surface area contributed by atoms with Crippen molar-refractivity contribution in [3.05, 3.63) is 69.2 Å². The van der Waals surface area contributed by atoms with Crippen molar-refractivity contribution < 1.29 is 27.8 Å². The van der Waals surface area contributed by atoms with Crippen LogP contribution in [0.15, 0.2) is 42.6 Å². The van der Waals surface area contributed by atoms with Crippen molar-refractivity contribution in [2.75, 3.05) is 25.0 Å². The number of rotatable bonds is 5. The number of amides is 1. The number of benzene rings is 2. The molecule has 8 nitrogen and oxygen atoms in total. The number of fused-ring (bicyclic) bond motifs is 1. The maximum Gasteiger partial charge on any atom is 0.417 e. The monoisotopic (exact) mass is 619 g/mol. The number of halogens is 4. The van der Waals surface area contributed by atoms with Gasteiger partial charge in [-0.15, -0.1) is 0 Å². The van der Waals surface area contributed by atoms with Crippen molar-refractivity contribution in [3.8, 4) is 5.88 Å². The van der Waals surface area contributed by atoms with Gasteiger partial charge in [0.2, 0.25) is 5.88 Å². The van der Waals surface area contributed by atoms with Crippen LogP contribution in [0.2, 0.25) is 5.02 Å². The summed E-state index contributed by atoms with van der Waals surface area (Å²) in [4.78, 5) is 20.7. The van der Waals surface area contributed by atoms with Crippen LogP contribution in [0.1, 0.15) is 48.8 Å². The molecule has 1 atom stereocenters. The summed E-state index contributed by atoms with van der Waals surface area (Å²) < 4.78 is 47.5. The first-order valence-corrected chi connectivity index (χ1v) is 14.3. The number of likely N-dealkylation sites (tertiary alicyclic amines) is 1. The second-order valence-electron chi connectivity index (χ2n) is 11.1. The molecule has 2 aromatic carbocycles. The number of hydrogen-bond acceptors (Lipinski definition) is 7. The van der Waals surface area contributed by atoms with Gasteiger partial charge in [0, 0.05) is 36.1 Å². The van der Waals surface area contributed by atoms with Gasteiger partial charge in [0.1, 0.15) is 10.5 Å². The van der Waals surface area contributed by atoms with E-state index < -0.39 is 23.4 Å². The number of carbonyl (C=O) groups is 1. The fraction of sp³-hybridized carbons (Fsp3) is 0.345. The number of thiazole rings is 1. The number of nitrogens with zero attached hydrogens (tertiary/aromatic N) is 4.